The summed E-state index contributed by atoms with van der Waals surface area (Å²) in [5.74, 6) is -0.589. The molecular weight excluding hydrogens is 186 g/mol. The molecule has 0 rings (SSSR count). The van der Waals surface area contributed by atoms with Crippen molar-refractivity contribution in [3.8, 4) is 6.26 Å². The van der Waals surface area contributed by atoms with Crippen LogP contribution in [0.2, 0.25) is 0 Å². The van der Waals surface area contributed by atoms with Gasteiger partial charge in [-0.3, -0.25) is 0 Å². The number of hydrogen-bond acceptors (Lipinski definition) is 5. The summed E-state index contributed by atoms with van der Waals surface area (Å²) in [6.45, 7) is 2.28. The molecule has 0 spiro atoms. The number of nitriles is 1. The lowest BCUT2D eigenvalue weighted by Gasteiger charge is -2.08. The highest BCUT2D eigenvalue weighted by Gasteiger charge is 2.14. The second kappa shape index (κ2) is 8.32. The van der Waals surface area contributed by atoms with Gasteiger partial charge in [-0.15, -0.1) is 0 Å². The van der Waals surface area contributed by atoms with E-state index in [0.29, 0.717) is 25.9 Å². The molecule has 0 saturated heterocycles. The number of rotatable bonds is 7. The van der Waals surface area contributed by atoms with Gasteiger partial charge in [0.05, 0.1) is 6.61 Å². The number of unbranched alkanes of at least 4 members (excludes halogenated alkanes) is 1. The van der Waals surface area contributed by atoms with Crippen LogP contribution in [-0.4, -0.2) is 30.4 Å². The molecule has 1 atom stereocenters. The third-order valence-electron chi connectivity index (χ3n) is 1.60. The minimum atomic E-state index is -1.06. The van der Waals surface area contributed by atoms with Crippen molar-refractivity contribution >= 4 is 5.97 Å². The van der Waals surface area contributed by atoms with Gasteiger partial charge >= 0.3 is 5.97 Å². The second-order valence-electron chi connectivity index (χ2n) is 2.70. The first kappa shape index (κ1) is 12.7. The molecule has 1 unspecified atom stereocenters. The van der Waals surface area contributed by atoms with E-state index in [2.05, 4.69) is 9.47 Å². The number of nitrogens with zero attached hydrogens (tertiary/aromatic N) is 1. The molecule has 0 aliphatic rings. The van der Waals surface area contributed by atoms with Gasteiger partial charge in [0.1, 0.15) is 6.61 Å². The average molecular weight is 201 g/mol. The van der Waals surface area contributed by atoms with Crippen LogP contribution in [0.25, 0.3) is 0 Å². The molecule has 5 nitrogen and oxygen atoms in total. The molecule has 0 aromatic heterocycles. The molecule has 0 heterocycles. The number of ether oxygens (including phenoxy) is 2. The third-order valence-corrected chi connectivity index (χ3v) is 1.60. The molecule has 0 radical (unpaired) electrons. The van der Waals surface area contributed by atoms with Crippen LogP contribution in [0.15, 0.2) is 0 Å². The average Bonchev–Trinajstić information content (AvgIpc) is 2.17. The molecule has 0 aliphatic carbocycles. The molecule has 80 valence electrons. The summed E-state index contributed by atoms with van der Waals surface area (Å²) >= 11 is 0. The van der Waals surface area contributed by atoms with Crippen molar-refractivity contribution in [3.63, 3.8) is 0 Å². The van der Waals surface area contributed by atoms with E-state index >= 15 is 0 Å². The van der Waals surface area contributed by atoms with Gasteiger partial charge in [-0.1, -0.05) is 0 Å². The maximum atomic E-state index is 10.9. The summed E-state index contributed by atoms with van der Waals surface area (Å²) in [5, 5.41) is 17.3. The second-order valence-corrected chi connectivity index (χ2v) is 2.70. The van der Waals surface area contributed by atoms with Gasteiger partial charge in [0.2, 0.25) is 0 Å². The normalized spacial score (nSPS) is 11.5. The Morgan fingerprint density at radius 2 is 2.29 bits per heavy atom. The number of esters is 1. The molecular formula is C9H15NO4. The van der Waals surface area contributed by atoms with Crippen LogP contribution in [-0.2, 0) is 14.3 Å². The molecule has 0 fully saturated rings. The van der Waals surface area contributed by atoms with Crippen molar-refractivity contribution < 1.29 is 19.4 Å². The van der Waals surface area contributed by atoms with Crippen molar-refractivity contribution in [2.45, 2.75) is 32.3 Å². The predicted molar refractivity (Wildman–Crippen MR) is 48.1 cm³/mol. The Labute approximate surface area is 83.2 Å². The van der Waals surface area contributed by atoms with Crippen LogP contribution in [0.3, 0.4) is 0 Å². The molecule has 0 aromatic carbocycles. The fourth-order valence-electron chi connectivity index (χ4n) is 0.914. The minimum absolute atomic E-state index is 0.271. The summed E-state index contributed by atoms with van der Waals surface area (Å²) < 4.78 is 9.04. The Balaban J connectivity index is 3.39. The van der Waals surface area contributed by atoms with Crippen LogP contribution in [0, 0.1) is 11.5 Å². The number of aliphatic hydroxyl groups excluding tert-OH is 1. The van der Waals surface area contributed by atoms with Crippen molar-refractivity contribution in [1.29, 1.82) is 5.26 Å². The van der Waals surface area contributed by atoms with Gasteiger partial charge in [0.25, 0.3) is 6.26 Å². The largest absolute Gasteiger partial charge is 0.464 e. The zero-order valence-corrected chi connectivity index (χ0v) is 8.23. The minimum Gasteiger partial charge on any atom is -0.464 e. The summed E-state index contributed by atoms with van der Waals surface area (Å²) in [6, 6.07) is 0. The first-order chi connectivity index (χ1) is 6.72. The van der Waals surface area contributed by atoms with E-state index in [-0.39, 0.29) is 6.61 Å². The number of carbonyl (C=O) groups is 1. The Hall–Kier alpha value is -1.28. The number of hydrogen-bond donors (Lipinski definition) is 1. The summed E-state index contributed by atoms with van der Waals surface area (Å²) in [7, 11) is 0. The van der Waals surface area contributed by atoms with Gasteiger partial charge in [-0.2, -0.15) is 5.26 Å². The molecule has 5 heteroatoms. The fraction of sp³-hybridized carbons (Fsp3) is 0.778. The van der Waals surface area contributed by atoms with Gasteiger partial charge in [-0.25, -0.2) is 4.79 Å². The molecule has 0 saturated carbocycles. The highest BCUT2D eigenvalue weighted by Crippen LogP contribution is 2.02. The van der Waals surface area contributed by atoms with E-state index in [0.717, 1.165) is 0 Å². The molecule has 14 heavy (non-hydrogen) atoms. The van der Waals surface area contributed by atoms with E-state index in [9.17, 15) is 9.90 Å². The zero-order chi connectivity index (χ0) is 10.8. The monoisotopic (exact) mass is 201 g/mol. The van der Waals surface area contributed by atoms with Crippen LogP contribution in [0.5, 0.6) is 0 Å². The van der Waals surface area contributed by atoms with Crippen molar-refractivity contribution in [2.75, 3.05) is 13.2 Å². The lowest BCUT2D eigenvalue weighted by atomic mass is 10.1. The van der Waals surface area contributed by atoms with Crippen LogP contribution in [0.4, 0.5) is 0 Å². The Kier molecular flexibility index (Phi) is 7.56. The maximum Gasteiger partial charge on any atom is 0.334 e. The van der Waals surface area contributed by atoms with E-state index in [1.807, 2.05) is 0 Å². The highest BCUT2D eigenvalue weighted by molar-refractivity contribution is 5.74. The van der Waals surface area contributed by atoms with Crippen LogP contribution in [0.1, 0.15) is 26.2 Å². The molecule has 0 aliphatic heterocycles. The maximum absolute atomic E-state index is 10.9. The van der Waals surface area contributed by atoms with Crippen LogP contribution >= 0.6 is 0 Å². The van der Waals surface area contributed by atoms with E-state index in [1.165, 1.54) is 0 Å². The van der Waals surface area contributed by atoms with Gasteiger partial charge in [-0.05, 0) is 26.2 Å². The van der Waals surface area contributed by atoms with Gasteiger partial charge in [0.15, 0.2) is 6.10 Å². The summed E-state index contributed by atoms with van der Waals surface area (Å²) in [4.78, 5) is 10.9. The Morgan fingerprint density at radius 3 is 2.86 bits per heavy atom. The van der Waals surface area contributed by atoms with Crippen molar-refractivity contribution in [3.05, 3.63) is 0 Å². The molecule has 0 aromatic rings. The fourth-order valence-corrected chi connectivity index (χ4v) is 0.914. The molecule has 0 amide bonds. The molecule has 0 bridgehead atoms. The summed E-state index contributed by atoms with van der Waals surface area (Å²) in [6.07, 6.45) is 2.10. The zero-order valence-electron chi connectivity index (χ0n) is 8.23. The van der Waals surface area contributed by atoms with E-state index in [4.69, 9.17) is 5.26 Å². The third kappa shape index (κ3) is 6.26. The lowest BCUT2D eigenvalue weighted by Crippen LogP contribution is -2.22. The van der Waals surface area contributed by atoms with E-state index in [1.54, 1.807) is 13.2 Å². The number of aliphatic hydroxyl groups is 1. The van der Waals surface area contributed by atoms with Crippen LogP contribution < -0.4 is 0 Å². The Morgan fingerprint density at radius 1 is 1.57 bits per heavy atom. The van der Waals surface area contributed by atoms with E-state index < -0.39 is 12.1 Å². The van der Waals surface area contributed by atoms with Gasteiger partial charge < -0.3 is 14.6 Å². The topological polar surface area (TPSA) is 79.6 Å². The van der Waals surface area contributed by atoms with Gasteiger partial charge in [0, 0.05) is 0 Å². The quantitative estimate of drug-likeness (QED) is 0.370. The predicted octanol–water partition coefficient (Wildman–Crippen LogP) is 0.578. The number of carbonyl (C=O) groups excluding carboxylic acids is 1. The lowest BCUT2D eigenvalue weighted by molar-refractivity contribution is -0.153. The SMILES string of the molecule is CCOC(=O)C(O)CCCCOC#N. The summed E-state index contributed by atoms with van der Waals surface area (Å²) in [5.41, 5.74) is 0. The first-order valence-corrected chi connectivity index (χ1v) is 4.58. The smallest absolute Gasteiger partial charge is 0.334 e. The first-order valence-electron chi connectivity index (χ1n) is 4.58. The van der Waals surface area contributed by atoms with Crippen molar-refractivity contribution in [1.82, 2.24) is 0 Å². The highest BCUT2D eigenvalue weighted by atomic mass is 16.5. The standard InChI is InChI=1S/C9H15NO4/c1-2-14-9(12)8(11)5-3-4-6-13-7-10/h8,11H,2-6H2,1H3. The molecule has 1 N–H and O–H groups in total. The van der Waals surface area contributed by atoms with Crippen molar-refractivity contribution in [2.24, 2.45) is 0 Å². The Bertz CT molecular complexity index is 199.